The van der Waals surface area contributed by atoms with Crippen LogP contribution in [0.2, 0.25) is 0 Å². The molecule has 14 nitrogen and oxygen atoms in total. The fourth-order valence-corrected chi connectivity index (χ4v) is 7.26. The van der Waals surface area contributed by atoms with Gasteiger partial charge in [0.25, 0.3) is 0 Å². The number of ketones is 2. The number of benzene rings is 2. The minimum Gasteiger partial charge on any atom is -0.326 e. The summed E-state index contributed by atoms with van der Waals surface area (Å²) in [6.07, 6.45) is 8.36. The van der Waals surface area contributed by atoms with Crippen molar-refractivity contribution in [3.63, 3.8) is 0 Å². The first-order valence-corrected chi connectivity index (χ1v) is 17.1. The van der Waals surface area contributed by atoms with Gasteiger partial charge in [-0.05, 0) is 37.8 Å². The molecule has 6 aromatic heterocycles. The van der Waals surface area contributed by atoms with E-state index in [4.69, 9.17) is 10.1 Å². The molecule has 2 aliphatic rings. The van der Waals surface area contributed by atoms with Crippen molar-refractivity contribution in [2.75, 3.05) is 0 Å². The van der Waals surface area contributed by atoms with Gasteiger partial charge in [0.1, 0.15) is 17.3 Å². The highest BCUT2D eigenvalue weighted by molar-refractivity contribution is 5.96. The molecule has 0 aliphatic carbocycles. The summed E-state index contributed by atoms with van der Waals surface area (Å²) in [6, 6.07) is 16.3. The summed E-state index contributed by atoms with van der Waals surface area (Å²) in [6.45, 7) is 5.19. The first kappa shape index (κ1) is 30.2. The number of hydrogen-bond donors (Lipinski definition) is 0. The van der Waals surface area contributed by atoms with E-state index in [1.807, 2.05) is 61.1 Å². The number of imidazole rings is 2. The molecule has 0 radical (unpaired) electrons. The summed E-state index contributed by atoms with van der Waals surface area (Å²) in [5, 5.41) is 9.30. The van der Waals surface area contributed by atoms with Gasteiger partial charge in [-0.15, -0.1) is 5.10 Å². The fraction of sp³-hybridized carbons (Fsp3) is 0.211. The van der Waals surface area contributed by atoms with Crippen LogP contribution in [0.25, 0.3) is 34.1 Å². The topological polar surface area (TPSA) is 156 Å². The maximum Gasteiger partial charge on any atom is 0.218 e. The van der Waals surface area contributed by atoms with Crippen LogP contribution in [0.5, 0.6) is 0 Å². The fourth-order valence-electron chi connectivity index (χ4n) is 7.26. The molecule has 8 heterocycles. The molecule has 52 heavy (non-hydrogen) atoms. The summed E-state index contributed by atoms with van der Waals surface area (Å²) in [5.41, 5.74) is 9.73. The first-order valence-electron chi connectivity index (χ1n) is 17.1. The molecule has 254 valence electrons. The van der Waals surface area contributed by atoms with Crippen molar-refractivity contribution in [3.8, 4) is 22.8 Å². The number of nitrogens with zero attached hydrogens (tertiary/aromatic N) is 12. The summed E-state index contributed by atoms with van der Waals surface area (Å²) >= 11 is 0. The second-order valence-electron chi connectivity index (χ2n) is 13.4. The minimum absolute atomic E-state index is 0.0181. The van der Waals surface area contributed by atoms with E-state index in [9.17, 15) is 9.59 Å². The molecule has 0 spiro atoms. The Kier molecular flexibility index (Phi) is 6.62. The number of aromatic nitrogens is 12. The number of fused-ring (bicyclic) bond motifs is 8. The zero-order valence-electron chi connectivity index (χ0n) is 28.4. The predicted octanol–water partition coefficient (Wildman–Crippen LogP) is 4.27. The molecule has 0 amide bonds. The highest BCUT2D eigenvalue weighted by atomic mass is 16.1. The molecular formula is C38H30N12O2. The van der Waals surface area contributed by atoms with E-state index in [-0.39, 0.29) is 30.2 Å². The van der Waals surface area contributed by atoms with Crippen molar-refractivity contribution >= 4 is 22.9 Å². The SMILES string of the molecule is Cc1ncc(CCc2ncc(C)n3nc(C(=O)Cc4cn5c(n4)-c4ccccc4C5)nc23)n2nc(CC(=O)c3cn4c(n3)-c3ccccc3C4)nc12. The Morgan fingerprint density at radius 1 is 0.692 bits per heavy atom. The quantitative estimate of drug-likeness (QED) is 0.201. The van der Waals surface area contributed by atoms with Gasteiger partial charge in [0.05, 0.1) is 41.3 Å². The second-order valence-corrected chi connectivity index (χ2v) is 13.4. The maximum atomic E-state index is 13.4. The number of carbonyl (C=O) groups excluding carboxylic acids is 2. The molecule has 8 aromatic rings. The third-order valence-electron chi connectivity index (χ3n) is 9.87. The molecule has 14 heteroatoms. The van der Waals surface area contributed by atoms with Gasteiger partial charge in [-0.3, -0.25) is 19.6 Å². The van der Waals surface area contributed by atoms with Crippen molar-refractivity contribution in [1.82, 2.24) is 58.3 Å². The molecule has 0 bridgehead atoms. The van der Waals surface area contributed by atoms with Crippen LogP contribution in [-0.4, -0.2) is 69.8 Å². The molecule has 10 rings (SSSR count). The van der Waals surface area contributed by atoms with Crippen LogP contribution in [0.3, 0.4) is 0 Å². The number of rotatable bonds is 9. The van der Waals surface area contributed by atoms with Gasteiger partial charge < -0.3 is 9.13 Å². The normalized spacial score (nSPS) is 12.7. The third-order valence-corrected chi connectivity index (χ3v) is 9.87. The Labute approximate surface area is 295 Å². The zero-order valence-corrected chi connectivity index (χ0v) is 28.4. The number of Topliss-reactive ketones (excluding diaryl/α,β-unsaturated/α-hetero) is 2. The van der Waals surface area contributed by atoms with Gasteiger partial charge in [0, 0.05) is 49.0 Å². The monoisotopic (exact) mass is 686 g/mol. The number of carbonyl (C=O) groups is 2. The van der Waals surface area contributed by atoms with Crippen molar-refractivity contribution in [2.45, 2.75) is 52.6 Å². The Bertz CT molecular complexity index is 2780. The summed E-state index contributed by atoms with van der Waals surface area (Å²) in [5.74, 6) is 1.86. The van der Waals surface area contributed by atoms with Crippen LogP contribution < -0.4 is 0 Å². The van der Waals surface area contributed by atoms with E-state index in [0.29, 0.717) is 59.3 Å². The van der Waals surface area contributed by atoms with Gasteiger partial charge in [0.2, 0.25) is 11.6 Å². The minimum atomic E-state index is -0.210. The molecule has 2 aromatic carbocycles. The van der Waals surface area contributed by atoms with Crippen LogP contribution >= 0.6 is 0 Å². The van der Waals surface area contributed by atoms with Crippen LogP contribution in [0.1, 0.15) is 66.5 Å². The van der Waals surface area contributed by atoms with E-state index in [1.165, 1.54) is 11.1 Å². The molecular weight excluding hydrogens is 656 g/mol. The van der Waals surface area contributed by atoms with E-state index < -0.39 is 0 Å². The average molecular weight is 687 g/mol. The van der Waals surface area contributed by atoms with Crippen molar-refractivity contribution in [1.29, 1.82) is 0 Å². The maximum absolute atomic E-state index is 13.4. The van der Waals surface area contributed by atoms with Gasteiger partial charge in [0.15, 0.2) is 22.9 Å². The molecule has 0 fully saturated rings. The predicted molar refractivity (Wildman–Crippen MR) is 188 cm³/mol. The lowest BCUT2D eigenvalue weighted by atomic mass is 10.1. The Morgan fingerprint density at radius 3 is 2.21 bits per heavy atom. The van der Waals surface area contributed by atoms with E-state index in [1.54, 1.807) is 21.4 Å². The Hall–Kier alpha value is -6.70. The van der Waals surface area contributed by atoms with Crippen LogP contribution in [-0.2, 0) is 38.8 Å². The lowest BCUT2D eigenvalue weighted by molar-refractivity contribution is 0.0976. The highest BCUT2D eigenvalue weighted by Gasteiger charge is 2.26. The standard InChI is InChI=1S/C38H30N12O2/c1-21-15-40-29(38-44-34(46-49(21)38)32(52)13-25-19-47-17-23-7-3-5-9-27(23)36(47)41-25)12-11-26-16-39-22(2)35-43-33(45-50(26)35)14-31(51)30-20-48-18-24-8-4-6-10-28(24)37(48)42-30/h3-10,15-16,19-20H,11-14,17-18H2,1-2H3. The molecule has 0 saturated carbocycles. The van der Waals surface area contributed by atoms with E-state index in [2.05, 4.69) is 52.8 Å². The first-order chi connectivity index (χ1) is 25.4. The van der Waals surface area contributed by atoms with Crippen LogP contribution in [0.15, 0.2) is 73.3 Å². The van der Waals surface area contributed by atoms with Gasteiger partial charge in [-0.1, -0.05) is 48.5 Å². The van der Waals surface area contributed by atoms with Gasteiger partial charge >= 0.3 is 0 Å². The molecule has 0 saturated heterocycles. The van der Waals surface area contributed by atoms with Crippen molar-refractivity contribution < 1.29 is 9.59 Å². The van der Waals surface area contributed by atoms with Gasteiger partial charge in [-0.2, -0.15) is 5.10 Å². The molecule has 0 atom stereocenters. The smallest absolute Gasteiger partial charge is 0.218 e. The average Bonchev–Trinajstić information content (AvgIpc) is 3.98. The van der Waals surface area contributed by atoms with E-state index in [0.717, 1.165) is 40.7 Å². The third kappa shape index (κ3) is 4.86. The van der Waals surface area contributed by atoms with Crippen LogP contribution in [0.4, 0.5) is 0 Å². The zero-order chi connectivity index (χ0) is 35.1. The van der Waals surface area contributed by atoms with Crippen LogP contribution in [0, 0.1) is 13.8 Å². The lowest BCUT2D eigenvalue weighted by Crippen LogP contribution is -2.08. The molecule has 0 unspecified atom stereocenters. The summed E-state index contributed by atoms with van der Waals surface area (Å²) < 4.78 is 7.51. The highest BCUT2D eigenvalue weighted by Crippen LogP contribution is 2.32. The Morgan fingerprint density at radius 2 is 1.42 bits per heavy atom. The molecule has 2 aliphatic heterocycles. The second kappa shape index (κ2) is 11.4. The summed E-state index contributed by atoms with van der Waals surface area (Å²) in [7, 11) is 0. The van der Waals surface area contributed by atoms with E-state index >= 15 is 0 Å². The van der Waals surface area contributed by atoms with Gasteiger partial charge in [-0.25, -0.2) is 29.0 Å². The van der Waals surface area contributed by atoms with Crippen molar-refractivity contribution in [2.24, 2.45) is 0 Å². The summed E-state index contributed by atoms with van der Waals surface area (Å²) in [4.78, 5) is 54.8. The number of hydrogen-bond acceptors (Lipinski definition) is 10. The Balaban J connectivity index is 0.872. The lowest BCUT2D eigenvalue weighted by Gasteiger charge is -2.06. The number of aryl methyl sites for hydroxylation is 4. The largest absolute Gasteiger partial charge is 0.326 e. The van der Waals surface area contributed by atoms with Crippen molar-refractivity contribution in [3.05, 3.63) is 130 Å². The molecule has 0 N–H and O–H groups in total.